The molecule has 0 spiro atoms. The van der Waals surface area contributed by atoms with Crippen LogP contribution in [0, 0.1) is 17.8 Å². The summed E-state index contributed by atoms with van der Waals surface area (Å²) in [6, 6.07) is 7.53. The highest BCUT2D eigenvalue weighted by Gasteiger charge is 2.42. The van der Waals surface area contributed by atoms with Gasteiger partial charge in [0.15, 0.2) is 0 Å². The maximum atomic E-state index is 13.1. The highest BCUT2D eigenvalue weighted by atomic mass is 16.5. The Hall–Kier alpha value is -2.08. The van der Waals surface area contributed by atoms with Crippen molar-refractivity contribution in [1.82, 2.24) is 9.80 Å². The molecule has 1 heterocycles. The van der Waals surface area contributed by atoms with Crippen LogP contribution in [-0.2, 0) is 4.79 Å². The molecule has 3 aliphatic rings. The summed E-state index contributed by atoms with van der Waals surface area (Å²) in [6.45, 7) is 2.40. The molecule has 1 aliphatic heterocycles. The van der Waals surface area contributed by atoms with Gasteiger partial charge < -0.3 is 20.3 Å². The molecule has 2 aliphatic carbocycles. The molecule has 1 aromatic carbocycles. The van der Waals surface area contributed by atoms with Gasteiger partial charge in [0, 0.05) is 43.7 Å². The van der Waals surface area contributed by atoms with Crippen molar-refractivity contribution < 1.29 is 14.3 Å². The van der Waals surface area contributed by atoms with Gasteiger partial charge in [-0.15, -0.1) is 0 Å². The van der Waals surface area contributed by atoms with Crippen LogP contribution in [0.3, 0.4) is 0 Å². The SMILES string of the molecule is COc1cccc(C(=O)N2CCN(C(=O)C3CC4CCCC(C3)C4N)CC2)c1. The van der Waals surface area contributed by atoms with Gasteiger partial charge in [-0.1, -0.05) is 12.5 Å². The van der Waals surface area contributed by atoms with E-state index in [2.05, 4.69) is 0 Å². The maximum absolute atomic E-state index is 13.1. The Bertz CT molecular complexity index is 715. The lowest BCUT2D eigenvalue weighted by molar-refractivity contribution is -0.140. The van der Waals surface area contributed by atoms with E-state index in [4.69, 9.17) is 10.5 Å². The number of nitrogens with two attached hydrogens (primary N) is 1. The number of hydrogen-bond donors (Lipinski definition) is 1. The number of hydrogen-bond acceptors (Lipinski definition) is 4. The molecule has 1 saturated heterocycles. The van der Waals surface area contributed by atoms with Gasteiger partial charge in [-0.05, 0) is 55.7 Å². The molecule has 2 bridgehead atoms. The molecule has 6 heteroatoms. The van der Waals surface area contributed by atoms with E-state index < -0.39 is 0 Å². The van der Waals surface area contributed by atoms with Crippen molar-refractivity contribution in [3.05, 3.63) is 29.8 Å². The minimum absolute atomic E-state index is 0.00386. The average Bonchev–Trinajstić information content (AvgIpc) is 2.72. The molecule has 2 N–H and O–H groups in total. The van der Waals surface area contributed by atoms with E-state index >= 15 is 0 Å². The Morgan fingerprint density at radius 1 is 1.04 bits per heavy atom. The first kappa shape index (κ1) is 19.2. The molecule has 0 radical (unpaired) electrons. The summed E-state index contributed by atoms with van der Waals surface area (Å²) in [5.74, 6) is 2.10. The van der Waals surface area contributed by atoms with Crippen LogP contribution in [0.15, 0.2) is 24.3 Å². The lowest BCUT2D eigenvalue weighted by Crippen LogP contribution is -2.54. The second-order valence-corrected chi connectivity index (χ2v) is 8.55. The summed E-state index contributed by atoms with van der Waals surface area (Å²) in [5, 5.41) is 0. The summed E-state index contributed by atoms with van der Waals surface area (Å²) in [5.41, 5.74) is 7.01. The second-order valence-electron chi connectivity index (χ2n) is 8.55. The third-order valence-corrected chi connectivity index (χ3v) is 6.96. The third kappa shape index (κ3) is 3.75. The van der Waals surface area contributed by atoms with E-state index in [-0.39, 0.29) is 23.8 Å². The van der Waals surface area contributed by atoms with Crippen LogP contribution in [0.25, 0.3) is 0 Å². The molecule has 6 nitrogen and oxygen atoms in total. The zero-order chi connectivity index (χ0) is 19.7. The Balaban J connectivity index is 1.33. The molecule has 0 aromatic heterocycles. The third-order valence-electron chi connectivity index (χ3n) is 6.96. The first-order valence-corrected chi connectivity index (χ1v) is 10.5. The molecule has 4 rings (SSSR count). The predicted molar refractivity (Wildman–Crippen MR) is 107 cm³/mol. The summed E-state index contributed by atoms with van der Waals surface area (Å²) in [6.07, 6.45) is 5.49. The lowest BCUT2D eigenvalue weighted by Gasteiger charge is -2.45. The first-order valence-electron chi connectivity index (χ1n) is 10.5. The average molecular weight is 386 g/mol. The van der Waals surface area contributed by atoms with Gasteiger partial charge in [0.05, 0.1) is 7.11 Å². The fourth-order valence-corrected chi connectivity index (χ4v) is 5.32. The van der Waals surface area contributed by atoms with Gasteiger partial charge in [0.25, 0.3) is 5.91 Å². The monoisotopic (exact) mass is 385 g/mol. The predicted octanol–water partition coefficient (Wildman–Crippen LogP) is 2.13. The van der Waals surface area contributed by atoms with Crippen molar-refractivity contribution in [2.75, 3.05) is 33.3 Å². The van der Waals surface area contributed by atoms with Gasteiger partial charge in [-0.2, -0.15) is 0 Å². The standard InChI is InChI=1S/C22H31N3O3/c1-28-19-7-3-6-17(14-19)21(26)24-8-10-25(11-9-24)22(27)18-12-15-4-2-5-16(13-18)20(15)23/h3,6-7,14-16,18,20H,2,4-5,8-13,23H2,1H3. The van der Waals surface area contributed by atoms with Crippen molar-refractivity contribution in [3.8, 4) is 5.75 Å². The van der Waals surface area contributed by atoms with Crippen molar-refractivity contribution in [2.24, 2.45) is 23.5 Å². The van der Waals surface area contributed by atoms with Crippen LogP contribution >= 0.6 is 0 Å². The summed E-state index contributed by atoms with van der Waals surface area (Å²) < 4.78 is 5.21. The van der Waals surface area contributed by atoms with Gasteiger partial charge in [-0.25, -0.2) is 0 Å². The van der Waals surface area contributed by atoms with E-state index in [1.165, 1.54) is 19.3 Å². The van der Waals surface area contributed by atoms with Crippen molar-refractivity contribution in [1.29, 1.82) is 0 Å². The van der Waals surface area contributed by atoms with E-state index in [0.29, 0.717) is 49.3 Å². The number of carbonyl (C=O) groups is 2. The van der Waals surface area contributed by atoms with Gasteiger partial charge in [0.1, 0.15) is 5.75 Å². The number of rotatable bonds is 3. The van der Waals surface area contributed by atoms with Crippen molar-refractivity contribution in [2.45, 2.75) is 38.1 Å². The summed E-state index contributed by atoms with van der Waals surface area (Å²) >= 11 is 0. The van der Waals surface area contributed by atoms with E-state index in [9.17, 15) is 9.59 Å². The largest absolute Gasteiger partial charge is 0.497 e. The highest BCUT2D eigenvalue weighted by molar-refractivity contribution is 5.94. The molecule has 28 heavy (non-hydrogen) atoms. The van der Waals surface area contributed by atoms with Gasteiger partial charge in [0.2, 0.25) is 5.91 Å². The number of amides is 2. The van der Waals surface area contributed by atoms with Crippen LogP contribution < -0.4 is 10.5 Å². The van der Waals surface area contributed by atoms with Crippen molar-refractivity contribution in [3.63, 3.8) is 0 Å². The molecule has 1 aromatic rings. The van der Waals surface area contributed by atoms with Crippen LogP contribution in [0.4, 0.5) is 0 Å². The van der Waals surface area contributed by atoms with E-state index in [1.807, 2.05) is 28.0 Å². The van der Waals surface area contributed by atoms with Crippen LogP contribution in [0.5, 0.6) is 5.75 Å². The minimum Gasteiger partial charge on any atom is -0.497 e. The van der Waals surface area contributed by atoms with Gasteiger partial charge in [-0.3, -0.25) is 9.59 Å². The fourth-order valence-electron chi connectivity index (χ4n) is 5.32. The topological polar surface area (TPSA) is 75.9 Å². The minimum atomic E-state index is 0.00386. The number of piperazine rings is 1. The zero-order valence-electron chi connectivity index (χ0n) is 16.7. The number of nitrogens with zero attached hydrogens (tertiary/aromatic N) is 2. The fraction of sp³-hybridized carbons (Fsp3) is 0.636. The second kappa shape index (κ2) is 8.11. The molecular weight excluding hydrogens is 354 g/mol. The van der Waals surface area contributed by atoms with Gasteiger partial charge >= 0.3 is 0 Å². The first-order chi connectivity index (χ1) is 13.6. The zero-order valence-corrected chi connectivity index (χ0v) is 16.7. The number of carbonyl (C=O) groups excluding carboxylic acids is 2. The Kier molecular flexibility index (Phi) is 5.58. The molecule has 2 amide bonds. The van der Waals surface area contributed by atoms with Crippen LogP contribution in [0.2, 0.25) is 0 Å². The lowest BCUT2D eigenvalue weighted by atomic mass is 9.65. The molecule has 3 fully saturated rings. The number of benzene rings is 1. The molecule has 2 atom stereocenters. The maximum Gasteiger partial charge on any atom is 0.254 e. The molecule has 152 valence electrons. The highest BCUT2D eigenvalue weighted by Crippen LogP contribution is 2.42. The Labute approximate surface area is 167 Å². The Morgan fingerprint density at radius 3 is 2.32 bits per heavy atom. The van der Waals surface area contributed by atoms with Crippen LogP contribution in [0.1, 0.15) is 42.5 Å². The van der Waals surface area contributed by atoms with Crippen molar-refractivity contribution >= 4 is 11.8 Å². The van der Waals surface area contributed by atoms with Crippen LogP contribution in [-0.4, -0.2) is 60.9 Å². The normalized spacial score (nSPS) is 30.1. The van der Waals surface area contributed by atoms with E-state index in [0.717, 1.165) is 12.8 Å². The quantitative estimate of drug-likeness (QED) is 0.865. The smallest absolute Gasteiger partial charge is 0.254 e. The summed E-state index contributed by atoms with van der Waals surface area (Å²) in [4.78, 5) is 29.7. The molecule has 2 saturated carbocycles. The number of ether oxygens (including phenoxy) is 1. The van der Waals surface area contributed by atoms with E-state index in [1.54, 1.807) is 13.2 Å². The number of fused-ring (bicyclic) bond motifs is 2. The Morgan fingerprint density at radius 2 is 1.68 bits per heavy atom. The summed E-state index contributed by atoms with van der Waals surface area (Å²) in [7, 11) is 1.60. The molecule has 2 unspecified atom stereocenters. The molecular formula is C22H31N3O3. The number of methoxy groups -OCH3 is 1.